The van der Waals surface area contributed by atoms with Crippen LogP contribution in [0.2, 0.25) is 0 Å². The van der Waals surface area contributed by atoms with E-state index in [1.807, 2.05) is 0 Å². The molecule has 4 aromatic carbocycles. The standard InChI is InChI=1S/C43H45F4N5O3S/c1-3-52-39-10-5-29(17-36(39)35-8-6-32(20-40(35)52)42-16-28(2)27-56-42)22-49-12-13-50-23-31(21-48)26-54-34-7-11-41(33(19-34)24-51-14-15-53)55-25-30-4-9-38(44)37(18-30)43(45,46)47/h4-11,16-21,23,27,49,51,53H,3,12-15,22,24-26,48H2,1-2H3. The number of alkyl halides is 3. The second-order valence-corrected chi connectivity index (χ2v) is 14.2. The highest BCUT2D eigenvalue weighted by molar-refractivity contribution is 7.13. The smallest absolute Gasteiger partial charge is 0.419 e. The fourth-order valence-corrected chi connectivity index (χ4v) is 7.35. The van der Waals surface area contributed by atoms with Gasteiger partial charge in [0.05, 0.1) is 18.7 Å². The SMILES string of the molecule is CCn1c2ccc(CNCCN=CC(=CN)COc3ccc(OCc4ccc(F)c(C(F)(F)F)c4)c(CNCCO)c3)cc2c2ccc(-c3cc(C)cs3)cc21. The summed E-state index contributed by atoms with van der Waals surface area (Å²) in [5, 5.41) is 20.4. The van der Waals surface area contributed by atoms with Gasteiger partial charge in [-0.25, -0.2) is 4.39 Å². The summed E-state index contributed by atoms with van der Waals surface area (Å²) in [5.41, 5.74) is 12.2. The Kier molecular flexibility index (Phi) is 13.4. The minimum Gasteiger partial charge on any atom is -0.489 e. The van der Waals surface area contributed by atoms with Gasteiger partial charge in [-0.3, -0.25) is 4.99 Å². The average molecular weight is 788 g/mol. The molecule has 6 rings (SSSR count). The molecule has 0 aliphatic heterocycles. The molecule has 0 fully saturated rings. The number of halogens is 4. The highest BCUT2D eigenvalue weighted by Gasteiger charge is 2.34. The maximum Gasteiger partial charge on any atom is 0.419 e. The predicted octanol–water partition coefficient (Wildman–Crippen LogP) is 8.75. The van der Waals surface area contributed by atoms with Gasteiger partial charge in [0.1, 0.15) is 30.5 Å². The van der Waals surface area contributed by atoms with Crippen molar-refractivity contribution in [3.05, 3.63) is 130 Å². The van der Waals surface area contributed by atoms with E-state index >= 15 is 0 Å². The van der Waals surface area contributed by atoms with E-state index in [4.69, 9.17) is 15.2 Å². The molecule has 13 heteroatoms. The molecule has 56 heavy (non-hydrogen) atoms. The van der Waals surface area contributed by atoms with Gasteiger partial charge < -0.3 is 35.5 Å². The lowest BCUT2D eigenvalue weighted by atomic mass is 10.1. The summed E-state index contributed by atoms with van der Waals surface area (Å²) in [4.78, 5) is 5.80. The summed E-state index contributed by atoms with van der Waals surface area (Å²) in [6, 6.07) is 23.5. The lowest BCUT2D eigenvalue weighted by Gasteiger charge is -2.15. The van der Waals surface area contributed by atoms with E-state index in [1.165, 1.54) is 55.6 Å². The Bertz CT molecular complexity index is 2330. The van der Waals surface area contributed by atoms with E-state index in [9.17, 15) is 22.7 Å². The number of aliphatic hydroxyl groups excluding tert-OH is 1. The first-order chi connectivity index (χ1) is 27.1. The first-order valence-electron chi connectivity index (χ1n) is 18.3. The Labute approximate surface area is 327 Å². The quantitative estimate of drug-likeness (QED) is 0.0395. The number of nitrogens with one attached hydrogen (secondary N) is 2. The number of nitrogens with two attached hydrogens (primary N) is 1. The number of aliphatic hydroxyl groups is 1. The van der Waals surface area contributed by atoms with Crippen molar-refractivity contribution in [2.45, 2.75) is 46.3 Å². The van der Waals surface area contributed by atoms with Crippen molar-refractivity contribution in [3.8, 4) is 21.9 Å². The maximum atomic E-state index is 13.7. The van der Waals surface area contributed by atoms with Crippen molar-refractivity contribution < 1.29 is 32.1 Å². The number of benzene rings is 4. The van der Waals surface area contributed by atoms with Crippen LogP contribution in [0.1, 0.15) is 34.7 Å². The summed E-state index contributed by atoms with van der Waals surface area (Å²) in [6.07, 6.45) is -1.71. The zero-order valence-electron chi connectivity index (χ0n) is 31.3. The number of fused-ring (bicyclic) bond motifs is 3. The highest BCUT2D eigenvalue weighted by atomic mass is 32.1. The van der Waals surface area contributed by atoms with Crippen molar-refractivity contribution >= 4 is 39.4 Å². The van der Waals surface area contributed by atoms with Gasteiger partial charge in [0.15, 0.2) is 0 Å². The number of ether oxygens (including phenoxy) is 2. The number of aryl methyl sites for hydroxylation is 2. The molecule has 0 atom stereocenters. The lowest BCUT2D eigenvalue weighted by Crippen LogP contribution is -2.18. The van der Waals surface area contributed by atoms with Gasteiger partial charge in [-0.15, -0.1) is 11.3 Å². The number of nitrogens with zero attached hydrogens (tertiary/aromatic N) is 2. The molecular formula is C43H45F4N5O3S. The average Bonchev–Trinajstić information content (AvgIpc) is 3.77. The Hall–Kier alpha value is -5.21. The van der Waals surface area contributed by atoms with Crippen LogP contribution in [0.15, 0.2) is 101 Å². The molecule has 0 aliphatic carbocycles. The van der Waals surface area contributed by atoms with Gasteiger partial charge in [-0.05, 0) is 96.1 Å². The number of aromatic nitrogens is 1. The predicted molar refractivity (Wildman–Crippen MR) is 217 cm³/mol. The third-order valence-electron chi connectivity index (χ3n) is 9.25. The first kappa shape index (κ1) is 40.5. The van der Waals surface area contributed by atoms with Crippen molar-refractivity contribution in [2.24, 2.45) is 10.7 Å². The largest absolute Gasteiger partial charge is 0.489 e. The Morgan fingerprint density at radius 1 is 0.911 bits per heavy atom. The molecule has 294 valence electrons. The lowest BCUT2D eigenvalue weighted by molar-refractivity contribution is -0.140. The Balaban J connectivity index is 1.01. The molecular weight excluding hydrogens is 743 g/mol. The molecule has 8 nitrogen and oxygen atoms in total. The molecule has 0 aliphatic rings. The minimum absolute atomic E-state index is 0.0834. The van der Waals surface area contributed by atoms with E-state index in [-0.39, 0.29) is 25.4 Å². The molecule has 0 saturated heterocycles. The third-order valence-corrected chi connectivity index (χ3v) is 10.3. The molecule has 2 heterocycles. The van der Waals surface area contributed by atoms with Crippen LogP contribution in [-0.2, 0) is 32.4 Å². The van der Waals surface area contributed by atoms with Crippen molar-refractivity contribution in [2.75, 3.05) is 32.8 Å². The number of hydrogen-bond donors (Lipinski definition) is 4. The molecule has 0 radical (unpaired) electrons. The molecule has 0 saturated carbocycles. The van der Waals surface area contributed by atoms with Crippen LogP contribution in [0.3, 0.4) is 0 Å². The summed E-state index contributed by atoms with van der Waals surface area (Å²) in [5.74, 6) is -0.439. The van der Waals surface area contributed by atoms with E-state index in [2.05, 4.69) is 81.9 Å². The molecule has 5 N–H and O–H groups in total. The van der Waals surface area contributed by atoms with Crippen LogP contribution in [0, 0.1) is 12.7 Å². The fourth-order valence-electron chi connectivity index (χ4n) is 6.45. The van der Waals surface area contributed by atoms with Crippen LogP contribution >= 0.6 is 11.3 Å². The number of thiophene rings is 1. The Morgan fingerprint density at radius 3 is 2.48 bits per heavy atom. The first-order valence-corrected chi connectivity index (χ1v) is 19.2. The van der Waals surface area contributed by atoms with E-state index < -0.39 is 17.6 Å². The van der Waals surface area contributed by atoms with Gasteiger partial charge in [0.2, 0.25) is 0 Å². The summed E-state index contributed by atoms with van der Waals surface area (Å²) in [7, 11) is 0. The number of rotatable bonds is 18. The van der Waals surface area contributed by atoms with Crippen molar-refractivity contribution in [1.82, 2.24) is 15.2 Å². The molecule has 2 aromatic heterocycles. The van der Waals surface area contributed by atoms with Crippen molar-refractivity contribution in [3.63, 3.8) is 0 Å². The molecule has 0 unspecified atom stereocenters. The topological polar surface area (TPSA) is 106 Å². The van der Waals surface area contributed by atoms with E-state index in [0.717, 1.165) is 18.7 Å². The molecule has 6 aromatic rings. The van der Waals surface area contributed by atoms with Gasteiger partial charge in [-0.2, -0.15) is 13.2 Å². The van der Waals surface area contributed by atoms with E-state index in [1.54, 1.807) is 35.8 Å². The van der Waals surface area contributed by atoms with Gasteiger partial charge in [0, 0.05) is 83.0 Å². The van der Waals surface area contributed by atoms with Crippen molar-refractivity contribution in [1.29, 1.82) is 0 Å². The second-order valence-electron chi connectivity index (χ2n) is 13.3. The minimum atomic E-state index is -4.82. The van der Waals surface area contributed by atoms with Crippen LogP contribution in [0.25, 0.3) is 32.2 Å². The zero-order valence-corrected chi connectivity index (χ0v) is 32.1. The molecule has 0 bridgehead atoms. The molecule has 0 amide bonds. The van der Waals surface area contributed by atoms with Gasteiger partial charge in [-0.1, -0.05) is 24.3 Å². The number of aliphatic imine (C=N–C) groups is 1. The fraction of sp³-hybridized carbons (Fsp3) is 0.279. The van der Waals surface area contributed by atoms with Crippen LogP contribution in [0.4, 0.5) is 17.6 Å². The Morgan fingerprint density at radius 2 is 1.73 bits per heavy atom. The van der Waals surface area contributed by atoms with Gasteiger partial charge in [0.25, 0.3) is 0 Å². The number of hydrogen-bond acceptors (Lipinski definition) is 8. The summed E-state index contributed by atoms with van der Waals surface area (Å²) < 4.78 is 67.5. The monoisotopic (exact) mass is 787 g/mol. The van der Waals surface area contributed by atoms with E-state index in [0.29, 0.717) is 55.4 Å². The zero-order chi connectivity index (χ0) is 39.7. The summed E-state index contributed by atoms with van der Waals surface area (Å²) >= 11 is 1.77. The molecule has 0 spiro atoms. The van der Waals surface area contributed by atoms with Gasteiger partial charge >= 0.3 is 6.18 Å². The maximum absolute atomic E-state index is 13.7. The highest BCUT2D eigenvalue weighted by Crippen LogP contribution is 2.36. The summed E-state index contributed by atoms with van der Waals surface area (Å²) in [6.45, 7) is 7.56. The third kappa shape index (κ3) is 9.96. The van der Waals surface area contributed by atoms with Crippen LogP contribution in [-0.4, -0.2) is 48.7 Å². The normalized spacial score (nSPS) is 12.4. The van der Waals surface area contributed by atoms with Crippen LogP contribution < -0.4 is 25.8 Å². The van der Waals surface area contributed by atoms with Crippen LogP contribution in [0.5, 0.6) is 11.5 Å². The second kappa shape index (κ2) is 18.6.